The van der Waals surface area contributed by atoms with E-state index in [-0.39, 0.29) is 11.7 Å². The Labute approximate surface area is 188 Å². The predicted octanol–water partition coefficient (Wildman–Crippen LogP) is 3.39. The van der Waals surface area contributed by atoms with Crippen molar-refractivity contribution >= 4 is 11.8 Å². The molecule has 1 aromatic heterocycles. The molecule has 2 heterocycles. The first-order chi connectivity index (χ1) is 15.5. The van der Waals surface area contributed by atoms with Gasteiger partial charge in [0.25, 0.3) is 0 Å². The number of carboxylic acids is 1. The Kier molecular flexibility index (Phi) is 6.91. The van der Waals surface area contributed by atoms with E-state index in [1.54, 1.807) is 24.3 Å². The molecule has 4 rings (SSSR count). The van der Waals surface area contributed by atoms with Crippen molar-refractivity contribution in [3.63, 3.8) is 0 Å². The fourth-order valence-corrected chi connectivity index (χ4v) is 4.72. The third-order valence-corrected chi connectivity index (χ3v) is 6.71. The minimum absolute atomic E-state index is 0.145. The monoisotopic (exact) mass is 434 g/mol. The van der Waals surface area contributed by atoms with E-state index in [0.29, 0.717) is 34.5 Å². The molecule has 0 amide bonds. The zero-order valence-corrected chi connectivity index (χ0v) is 18.2. The minimum Gasteiger partial charge on any atom is -0.507 e. The highest BCUT2D eigenvalue weighted by Gasteiger charge is 2.28. The van der Waals surface area contributed by atoms with Gasteiger partial charge >= 0.3 is 5.97 Å². The number of nitrogens with two attached hydrogens (primary N) is 1. The first-order valence-electron chi connectivity index (χ1n) is 11.4. The van der Waals surface area contributed by atoms with Gasteiger partial charge in [0.15, 0.2) is 5.82 Å². The fourth-order valence-electron chi connectivity index (χ4n) is 4.72. The number of anilines is 1. The average molecular weight is 435 g/mol. The Hall–Kier alpha value is -3.11. The van der Waals surface area contributed by atoms with E-state index in [0.717, 1.165) is 58.2 Å². The molecule has 1 aliphatic carbocycles. The van der Waals surface area contributed by atoms with Crippen LogP contribution in [0.4, 0.5) is 5.82 Å². The van der Waals surface area contributed by atoms with Gasteiger partial charge in [-0.15, -0.1) is 10.2 Å². The summed E-state index contributed by atoms with van der Waals surface area (Å²) in [5, 5.41) is 27.4. The van der Waals surface area contributed by atoms with E-state index in [9.17, 15) is 9.90 Å². The van der Waals surface area contributed by atoms with Crippen LogP contribution in [0.25, 0.3) is 11.3 Å². The number of para-hydroxylation sites is 1. The molecule has 0 spiro atoms. The number of carboxylic acid groups (broad SMARTS) is 1. The lowest BCUT2D eigenvalue weighted by Crippen LogP contribution is -2.38. The molecular weight excluding hydrogens is 404 g/mol. The lowest BCUT2D eigenvalue weighted by molar-refractivity contribution is -0.143. The normalized spacial score (nSPS) is 22.1. The molecular formula is C25H30N4O3. The van der Waals surface area contributed by atoms with Gasteiger partial charge in [0.1, 0.15) is 5.75 Å². The summed E-state index contributed by atoms with van der Waals surface area (Å²) < 4.78 is 0. The fraction of sp³-hybridized carbons (Fsp3) is 0.480. The number of carbonyl (C=O) groups is 1. The molecule has 0 unspecified atom stereocenters. The van der Waals surface area contributed by atoms with Gasteiger partial charge in [-0.05, 0) is 75.7 Å². The van der Waals surface area contributed by atoms with E-state index < -0.39 is 5.97 Å². The van der Waals surface area contributed by atoms with Crippen molar-refractivity contribution in [2.75, 3.05) is 25.4 Å². The number of phenolic OH excluding ortho intramolecular Hbond substituents is 1. The highest BCUT2D eigenvalue weighted by atomic mass is 16.4. The second-order valence-electron chi connectivity index (χ2n) is 8.95. The highest BCUT2D eigenvalue weighted by molar-refractivity contribution is 5.70. The van der Waals surface area contributed by atoms with Crippen molar-refractivity contribution in [1.82, 2.24) is 15.1 Å². The van der Waals surface area contributed by atoms with Crippen molar-refractivity contribution in [3.05, 3.63) is 35.9 Å². The number of likely N-dealkylation sites (tertiary alicyclic amines) is 1. The van der Waals surface area contributed by atoms with Crippen LogP contribution in [0.2, 0.25) is 0 Å². The van der Waals surface area contributed by atoms with E-state index in [1.807, 2.05) is 6.07 Å². The van der Waals surface area contributed by atoms with Gasteiger partial charge < -0.3 is 20.8 Å². The molecule has 2 aliphatic rings. The van der Waals surface area contributed by atoms with Crippen LogP contribution < -0.4 is 5.73 Å². The number of piperidine rings is 1. The van der Waals surface area contributed by atoms with Crippen LogP contribution in [0.5, 0.6) is 5.75 Å². The Balaban J connectivity index is 1.32. The van der Waals surface area contributed by atoms with Crippen molar-refractivity contribution < 1.29 is 15.0 Å². The number of rotatable bonds is 4. The third kappa shape index (κ3) is 5.38. The lowest BCUT2D eigenvalue weighted by atomic mass is 9.81. The molecule has 1 saturated carbocycles. The molecule has 1 aliphatic heterocycles. The first kappa shape index (κ1) is 22.1. The Morgan fingerprint density at radius 2 is 1.81 bits per heavy atom. The summed E-state index contributed by atoms with van der Waals surface area (Å²) in [6.45, 7) is 3.11. The molecule has 2 fully saturated rings. The van der Waals surface area contributed by atoms with Crippen molar-refractivity contribution in [2.45, 2.75) is 38.5 Å². The highest BCUT2D eigenvalue weighted by Crippen LogP contribution is 2.31. The SMILES string of the molecule is Nc1nnc(-c2ccccc2O)cc1C#CC1CCN(CC2CCC(C(=O)O)CC2)CC1. The van der Waals surface area contributed by atoms with Gasteiger partial charge in [-0.3, -0.25) is 4.79 Å². The van der Waals surface area contributed by atoms with E-state index in [2.05, 4.69) is 26.9 Å². The molecule has 2 aromatic rings. The van der Waals surface area contributed by atoms with Gasteiger partial charge in [-0.1, -0.05) is 24.0 Å². The van der Waals surface area contributed by atoms with Crippen LogP contribution in [0.1, 0.15) is 44.1 Å². The maximum absolute atomic E-state index is 11.1. The summed E-state index contributed by atoms with van der Waals surface area (Å²) in [6, 6.07) is 8.79. The van der Waals surface area contributed by atoms with Gasteiger partial charge in [0.05, 0.1) is 17.2 Å². The van der Waals surface area contributed by atoms with Crippen LogP contribution in [-0.2, 0) is 4.79 Å². The minimum atomic E-state index is -0.638. The second-order valence-corrected chi connectivity index (χ2v) is 8.95. The van der Waals surface area contributed by atoms with Crippen molar-refractivity contribution in [2.24, 2.45) is 17.8 Å². The van der Waals surface area contributed by atoms with Crippen LogP contribution in [0.15, 0.2) is 30.3 Å². The van der Waals surface area contributed by atoms with Gasteiger partial charge in [0.2, 0.25) is 0 Å². The molecule has 0 atom stereocenters. The van der Waals surface area contributed by atoms with E-state index >= 15 is 0 Å². The topological polar surface area (TPSA) is 113 Å². The molecule has 168 valence electrons. The number of hydrogen-bond donors (Lipinski definition) is 3. The van der Waals surface area contributed by atoms with Crippen LogP contribution in [0.3, 0.4) is 0 Å². The van der Waals surface area contributed by atoms with E-state index in [1.165, 1.54) is 0 Å². The summed E-state index contributed by atoms with van der Waals surface area (Å²) in [7, 11) is 0. The number of aromatic nitrogens is 2. The number of hydrogen-bond acceptors (Lipinski definition) is 6. The Morgan fingerprint density at radius 3 is 2.50 bits per heavy atom. The number of nitrogens with zero attached hydrogens (tertiary/aromatic N) is 3. The Morgan fingerprint density at radius 1 is 1.09 bits per heavy atom. The van der Waals surface area contributed by atoms with E-state index in [4.69, 9.17) is 10.8 Å². The van der Waals surface area contributed by atoms with Crippen LogP contribution in [-0.4, -0.2) is 50.9 Å². The second kappa shape index (κ2) is 10.0. The third-order valence-electron chi connectivity index (χ3n) is 6.71. The Bertz CT molecular complexity index is 1010. The summed E-state index contributed by atoms with van der Waals surface area (Å²) in [5.74, 6) is 7.14. The number of benzene rings is 1. The van der Waals surface area contributed by atoms with Gasteiger partial charge in [0, 0.05) is 18.0 Å². The predicted molar refractivity (Wildman–Crippen MR) is 123 cm³/mol. The molecule has 1 saturated heterocycles. The molecule has 4 N–H and O–H groups in total. The number of phenols is 1. The zero-order chi connectivity index (χ0) is 22.5. The zero-order valence-electron chi connectivity index (χ0n) is 18.2. The summed E-state index contributed by atoms with van der Waals surface area (Å²) >= 11 is 0. The summed E-state index contributed by atoms with van der Waals surface area (Å²) in [5.41, 5.74) is 7.78. The molecule has 0 bridgehead atoms. The van der Waals surface area contributed by atoms with Crippen molar-refractivity contribution in [1.29, 1.82) is 0 Å². The first-order valence-corrected chi connectivity index (χ1v) is 11.4. The standard InChI is InChI=1S/C25H30N4O3/c26-24-20(15-22(27-28-24)21-3-1-2-4-23(21)30)10-5-17-11-13-29(14-12-17)16-18-6-8-19(9-7-18)25(31)32/h1-4,15,17-19,30H,6-9,11-14,16H2,(H2,26,28)(H,31,32). The van der Waals surface area contributed by atoms with Crippen LogP contribution >= 0.6 is 0 Å². The molecule has 7 heteroatoms. The van der Waals surface area contributed by atoms with Gasteiger partial charge in [-0.25, -0.2) is 0 Å². The maximum Gasteiger partial charge on any atom is 0.306 e. The molecule has 32 heavy (non-hydrogen) atoms. The average Bonchev–Trinajstić information content (AvgIpc) is 2.80. The largest absolute Gasteiger partial charge is 0.507 e. The van der Waals surface area contributed by atoms with Crippen LogP contribution in [0, 0.1) is 29.6 Å². The lowest BCUT2D eigenvalue weighted by Gasteiger charge is -2.35. The maximum atomic E-state index is 11.1. The summed E-state index contributed by atoms with van der Waals surface area (Å²) in [6.07, 6.45) is 5.69. The quantitative estimate of drug-likeness (QED) is 0.632. The number of aromatic hydroxyl groups is 1. The molecule has 0 radical (unpaired) electrons. The van der Waals surface area contributed by atoms with Gasteiger partial charge in [-0.2, -0.15) is 0 Å². The smallest absolute Gasteiger partial charge is 0.306 e. The van der Waals surface area contributed by atoms with Crippen molar-refractivity contribution in [3.8, 4) is 28.8 Å². The molecule has 1 aromatic carbocycles. The summed E-state index contributed by atoms with van der Waals surface area (Å²) in [4.78, 5) is 13.6. The number of aliphatic carboxylic acids is 1. The molecule has 7 nitrogen and oxygen atoms in total. The number of nitrogen functional groups attached to an aromatic ring is 1.